The summed E-state index contributed by atoms with van der Waals surface area (Å²) in [7, 11) is 0. The molecule has 0 spiro atoms. The van der Waals surface area contributed by atoms with Crippen LogP contribution in [-0.4, -0.2) is 17.9 Å². The predicted molar refractivity (Wildman–Crippen MR) is 101 cm³/mol. The van der Waals surface area contributed by atoms with Crippen molar-refractivity contribution in [3.63, 3.8) is 0 Å². The van der Waals surface area contributed by atoms with Gasteiger partial charge < -0.3 is 4.74 Å². The van der Waals surface area contributed by atoms with Crippen molar-refractivity contribution in [1.29, 1.82) is 0 Å². The first-order valence-electron chi connectivity index (χ1n) is 10.6. The van der Waals surface area contributed by atoms with E-state index < -0.39 is 0 Å². The van der Waals surface area contributed by atoms with E-state index in [1.54, 1.807) is 12.5 Å². The molecule has 0 aliphatic heterocycles. The van der Waals surface area contributed by atoms with Crippen molar-refractivity contribution in [1.82, 2.24) is 0 Å². The molecular formula is C23H34O3. The van der Waals surface area contributed by atoms with Gasteiger partial charge >= 0.3 is 5.97 Å². The molecule has 3 nitrogen and oxygen atoms in total. The fourth-order valence-corrected chi connectivity index (χ4v) is 7.63. The number of fused-ring (bicyclic) bond motifs is 5. The Balaban J connectivity index is 1.59. The van der Waals surface area contributed by atoms with Crippen LogP contribution in [-0.2, 0) is 14.3 Å². The summed E-state index contributed by atoms with van der Waals surface area (Å²) in [5.74, 6) is 2.72. The third-order valence-electron chi connectivity index (χ3n) is 8.88. The monoisotopic (exact) mass is 358 g/mol. The number of ketones is 1. The summed E-state index contributed by atoms with van der Waals surface area (Å²) >= 11 is 0. The highest BCUT2D eigenvalue weighted by atomic mass is 16.5. The molecule has 4 aliphatic carbocycles. The number of Topliss-reactive ketones (excluding diaryl/α,β-unsaturated/α-hetero) is 1. The predicted octanol–water partition coefficient (Wildman–Crippen LogP) is 5.09. The zero-order valence-corrected chi connectivity index (χ0v) is 16.8. The zero-order chi connectivity index (χ0) is 18.7. The number of rotatable bonds is 2. The molecule has 3 saturated carbocycles. The lowest BCUT2D eigenvalue weighted by atomic mass is 9.47. The van der Waals surface area contributed by atoms with E-state index in [1.165, 1.54) is 26.2 Å². The highest BCUT2D eigenvalue weighted by Gasteiger charge is 2.59. The number of carbonyl (C=O) groups is 2. The van der Waals surface area contributed by atoms with Gasteiger partial charge in [0, 0.05) is 19.3 Å². The van der Waals surface area contributed by atoms with E-state index in [1.807, 2.05) is 0 Å². The molecule has 0 aromatic carbocycles. The normalized spacial score (nSPS) is 47.2. The van der Waals surface area contributed by atoms with Crippen LogP contribution >= 0.6 is 0 Å². The Morgan fingerprint density at radius 3 is 2.50 bits per heavy atom. The van der Waals surface area contributed by atoms with E-state index in [0.29, 0.717) is 11.7 Å². The lowest BCUT2D eigenvalue weighted by molar-refractivity contribution is -0.149. The van der Waals surface area contributed by atoms with Crippen LogP contribution in [0.4, 0.5) is 0 Å². The first-order chi connectivity index (χ1) is 12.3. The van der Waals surface area contributed by atoms with Crippen LogP contribution in [0.15, 0.2) is 11.6 Å². The highest BCUT2D eigenvalue weighted by molar-refractivity contribution is 5.79. The van der Waals surface area contributed by atoms with Crippen LogP contribution in [0.3, 0.4) is 0 Å². The number of ether oxygens (including phenoxy) is 1. The van der Waals surface area contributed by atoms with E-state index >= 15 is 0 Å². The van der Waals surface area contributed by atoms with Crippen LogP contribution < -0.4 is 0 Å². The Bertz CT molecular complexity index is 650. The Morgan fingerprint density at radius 1 is 1.04 bits per heavy atom. The van der Waals surface area contributed by atoms with Crippen LogP contribution in [0.5, 0.6) is 0 Å². The van der Waals surface area contributed by atoms with Gasteiger partial charge in [-0.1, -0.05) is 25.5 Å². The molecule has 0 N–H and O–H groups in total. The standard InChI is InChI=1S/C23H34O3/c1-14(24)19-7-8-20-18-6-5-16-13-17(26-15(2)25)9-11-22(16,3)21(18)10-12-23(19,20)4/h5,17-21H,6-13H2,1-4H3/t17-,18-,19-,20-,21-,22+,23-/m1/s1. The molecule has 144 valence electrons. The Hall–Kier alpha value is -1.12. The zero-order valence-electron chi connectivity index (χ0n) is 16.8. The van der Waals surface area contributed by atoms with E-state index in [0.717, 1.165) is 43.9 Å². The molecule has 0 radical (unpaired) electrons. The third-order valence-corrected chi connectivity index (χ3v) is 8.88. The summed E-state index contributed by atoms with van der Waals surface area (Å²) in [5.41, 5.74) is 2.04. The van der Waals surface area contributed by atoms with Gasteiger partial charge in [-0.3, -0.25) is 9.59 Å². The van der Waals surface area contributed by atoms with Crippen molar-refractivity contribution in [2.24, 2.45) is 34.5 Å². The van der Waals surface area contributed by atoms with Crippen LogP contribution in [0.25, 0.3) is 0 Å². The quantitative estimate of drug-likeness (QED) is 0.510. The number of carbonyl (C=O) groups excluding carboxylic acids is 2. The Morgan fingerprint density at radius 2 is 1.81 bits per heavy atom. The topological polar surface area (TPSA) is 43.4 Å². The highest BCUT2D eigenvalue weighted by Crippen LogP contribution is 2.66. The van der Waals surface area contributed by atoms with Gasteiger partial charge in [0.15, 0.2) is 0 Å². The van der Waals surface area contributed by atoms with Gasteiger partial charge in [-0.2, -0.15) is 0 Å². The van der Waals surface area contributed by atoms with Gasteiger partial charge in [-0.05, 0) is 80.5 Å². The van der Waals surface area contributed by atoms with E-state index in [-0.39, 0.29) is 28.8 Å². The molecule has 4 rings (SSSR count). The maximum absolute atomic E-state index is 12.2. The average molecular weight is 359 g/mol. The second kappa shape index (κ2) is 6.21. The van der Waals surface area contributed by atoms with Crippen molar-refractivity contribution >= 4 is 11.8 Å². The molecule has 0 bridgehead atoms. The molecule has 0 unspecified atom stereocenters. The Labute approximate surface area is 157 Å². The van der Waals surface area contributed by atoms with Gasteiger partial charge in [0.2, 0.25) is 0 Å². The van der Waals surface area contributed by atoms with E-state index in [4.69, 9.17) is 4.74 Å². The maximum Gasteiger partial charge on any atom is 0.302 e. The first kappa shape index (κ1) is 18.3. The largest absolute Gasteiger partial charge is 0.462 e. The number of allylic oxidation sites excluding steroid dienone is 1. The third kappa shape index (κ3) is 2.60. The molecule has 0 amide bonds. The molecule has 3 fully saturated rings. The minimum absolute atomic E-state index is 0.0748. The van der Waals surface area contributed by atoms with Gasteiger partial charge in [0.05, 0.1) is 0 Å². The number of hydrogen-bond acceptors (Lipinski definition) is 3. The summed E-state index contributed by atoms with van der Waals surface area (Å²) in [6, 6.07) is 0. The molecular weight excluding hydrogens is 324 g/mol. The summed E-state index contributed by atoms with van der Waals surface area (Å²) < 4.78 is 5.53. The van der Waals surface area contributed by atoms with Crippen LogP contribution in [0.1, 0.15) is 79.1 Å². The molecule has 26 heavy (non-hydrogen) atoms. The lowest BCUT2D eigenvalue weighted by Gasteiger charge is -2.58. The molecule has 0 heterocycles. The van der Waals surface area contributed by atoms with Crippen molar-refractivity contribution < 1.29 is 14.3 Å². The van der Waals surface area contributed by atoms with E-state index in [9.17, 15) is 9.59 Å². The van der Waals surface area contributed by atoms with E-state index in [2.05, 4.69) is 19.9 Å². The minimum Gasteiger partial charge on any atom is -0.462 e. The van der Waals surface area contributed by atoms with Gasteiger partial charge in [-0.15, -0.1) is 0 Å². The minimum atomic E-state index is -0.150. The molecule has 0 saturated heterocycles. The van der Waals surface area contributed by atoms with Gasteiger partial charge in [0.25, 0.3) is 0 Å². The molecule has 0 aromatic rings. The summed E-state index contributed by atoms with van der Waals surface area (Å²) in [6.45, 7) is 8.21. The summed E-state index contributed by atoms with van der Waals surface area (Å²) in [4.78, 5) is 23.6. The van der Waals surface area contributed by atoms with Crippen molar-refractivity contribution in [2.45, 2.75) is 85.2 Å². The number of esters is 1. The smallest absolute Gasteiger partial charge is 0.302 e. The maximum atomic E-state index is 12.2. The van der Waals surface area contributed by atoms with Gasteiger partial charge in [0.1, 0.15) is 11.9 Å². The first-order valence-corrected chi connectivity index (χ1v) is 10.6. The molecule has 4 aliphatic rings. The fraction of sp³-hybridized carbons (Fsp3) is 0.826. The van der Waals surface area contributed by atoms with Crippen LogP contribution in [0, 0.1) is 34.5 Å². The van der Waals surface area contributed by atoms with Gasteiger partial charge in [-0.25, -0.2) is 0 Å². The summed E-state index contributed by atoms with van der Waals surface area (Å²) in [5, 5.41) is 0. The fourth-order valence-electron chi connectivity index (χ4n) is 7.63. The molecule has 3 heteroatoms. The molecule has 7 atom stereocenters. The van der Waals surface area contributed by atoms with Crippen molar-refractivity contribution in [3.8, 4) is 0 Å². The lowest BCUT2D eigenvalue weighted by Crippen LogP contribution is -2.51. The van der Waals surface area contributed by atoms with Crippen LogP contribution in [0.2, 0.25) is 0 Å². The average Bonchev–Trinajstić information content (AvgIpc) is 2.92. The summed E-state index contributed by atoms with van der Waals surface area (Å²) in [6.07, 6.45) is 11.6. The number of hydrogen-bond donors (Lipinski definition) is 0. The van der Waals surface area contributed by atoms with Crippen molar-refractivity contribution in [2.75, 3.05) is 0 Å². The SMILES string of the molecule is CC(=O)O[C@@H]1CC[C@@]2(C)C(=CC[C@@H]3[C@H]4CC[C@H](C(C)=O)[C@@]4(C)CC[C@H]32)C1. The molecule has 0 aromatic heterocycles. The Kier molecular flexibility index (Phi) is 4.36. The second-order valence-corrected chi connectivity index (χ2v) is 10.0. The van der Waals surface area contributed by atoms with Crippen molar-refractivity contribution in [3.05, 3.63) is 11.6 Å². The second-order valence-electron chi connectivity index (χ2n) is 10.0.